The van der Waals surface area contributed by atoms with Crippen molar-refractivity contribution in [3.05, 3.63) is 0 Å². The standard InChI is InChI=1S/C6H11O2.C2H7OSi.Sn/c1-2-3-7-4-6-5-8-6;1-2-3-4;/h6H,1-5H2;1-2H2,4H3;. The van der Waals surface area contributed by atoms with Crippen molar-refractivity contribution in [2.45, 2.75) is 21.4 Å². The minimum atomic E-state index is -0.0952. The van der Waals surface area contributed by atoms with Gasteiger partial charge in [0.1, 0.15) is 0 Å². The van der Waals surface area contributed by atoms with Gasteiger partial charge in [-0.3, -0.25) is 0 Å². The van der Waals surface area contributed by atoms with E-state index in [1.165, 1.54) is 15.3 Å². The molecular formula is C8H18O3SiSn. The van der Waals surface area contributed by atoms with Crippen molar-refractivity contribution in [3.8, 4) is 0 Å². The van der Waals surface area contributed by atoms with Gasteiger partial charge in [0.25, 0.3) is 0 Å². The van der Waals surface area contributed by atoms with Crippen molar-refractivity contribution in [2.75, 3.05) is 26.4 Å². The fourth-order valence-electron chi connectivity index (χ4n) is 0.978. The first-order valence-electron chi connectivity index (χ1n) is 4.82. The summed E-state index contributed by atoms with van der Waals surface area (Å²) < 4.78 is 18.4. The van der Waals surface area contributed by atoms with Crippen LogP contribution in [0.25, 0.3) is 0 Å². The van der Waals surface area contributed by atoms with Gasteiger partial charge >= 0.3 is 93.4 Å². The van der Waals surface area contributed by atoms with E-state index in [4.69, 9.17) is 13.9 Å². The summed E-state index contributed by atoms with van der Waals surface area (Å²) in [5.41, 5.74) is 0. The molecule has 76 valence electrons. The first-order valence-corrected chi connectivity index (χ1v) is 9.68. The van der Waals surface area contributed by atoms with Crippen LogP contribution in [-0.4, -0.2) is 64.2 Å². The maximum absolute atomic E-state index is 5.44. The predicted molar refractivity (Wildman–Crippen MR) is 56.4 cm³/mol. The molecular weight excluding hydrogens is 291 g/mol. The summed E-state index contributed by atoms with van der Waals surface area (Å²) in [5, 5.41) is 0. The zero-order valence-corrected chi connectivity index (χ0v) is 13.1. The Labute approximate surface area is 93.3 Å². The van der Waals surface area contributed by atoms with Crippen molar-refractivity contribution in [2.24, 2.45) is 0 Å². The van der Waals surface area contributed by atoms with Crippen LogP contribution < -0.4 is 0 Å². The van der Waals surface area contributed by atoms with Crippen molar-refractivity contribution >= 4 is 31.6 Å². The second-order valence-corrected chi connectivity index (χ2v) is 7.99. The third-order valence-corrected chi connectivity index (χ3v) is 5.85. The van der Waals surface area contributed by atoms with Crippen LogP contribution in [0.5, 0.6) is 0 Å². The molecule has 0 amide bonds. The van der Waals surface area contributed by atoms with E-state index in [9.17, 15) is 0 Å². The molecule has 1 saturated heterocycles. The molecule has 0 aromatic carbocycles. The summed E-state index contributed by atoms with van der Waals surface area (Å²) >= 11 is -0.0952. The van der Waals surface area contributed by atoms with Gasteiger partial charge in [0.05, 0.1) is 0 Å². The number of hydrogen-bond acceptors (Lipinski definition) is 3. The fraction of sp³-hybridized carbons (Fsp3) is 1.00. The van der Waals surface area contributed by atoms with Crippen LogP contribution in [0.15, 0.2) is 0 Å². The average molecular weight is 309 g/mol. The molecule has 2 radical (unpaired) electrons. The zero-order chi connectivity index (χ0) is 9.36. The first-order chi connectivity index (χ1) is 6.43. The summed E-state index contributed by atoms with van der Waals surface area (Å²) in [4.78, 5) is 0. The van der Waals surface area contributed by atoms with Crippen LogP contribution in [0.1, 0.15) is 6.42 Å². The molecule has 1 heterocycles. The number of rotatable bonds is 9. The first kappa shape index (κ1) is 12.0. The summed E-state index contributed by atoms with van der Waals surface area (Å²) in [6, 6.07) is 0. The maximum atomic E-state index is 5.44. The van der Waals surface area contributed by atoms with E-state index in [-0.39, 0.29) is 21.1 Å². The van der Waals surface area contributed by atoms with Crippen molar-refractivity contribution in [1.29, 1.82) is 0 Å². The summed E-state index contributed by atoms with van der Waals surface area (Å²) in [6.45, 7) is 3.68. The molecule has 0 spiro atoms. The van der Waals surface area contributed by atoms with Gasteiger partial charge in [-0.05, 0) is 0 Å². The third-order valence-electron chi connectivity index (χ3n) is 1.83. The Morgan fingerprint density at radius 2 is 2.23 bits per heavy atom. The molecule has 0 N–H and O–H groups in total. The SMILES string of the molecule is [SiH3]OC[CH2][Sn][CH2]CCOCC1CO1. The predicted octanol–water partition coefficient (Wildman–Crippen LogP) is -0.370. The number of epoxide rings is 1. The normalized spacial score (nSPS) is 20.8. The molecule has 5 heteroatoms. The second-order valence-electron chi connectivity index (χ2n) is 3.13. The van der Waals surface area contributed by atoms with Crippen molar-refractivity contribution in [3.63, 3.8) is 0 Å². The number of ether oxygens (including phenoxy) is 2. The fourth-order valence-corrected chi connectivity index (χ4v) is 5.18. The van der Waals surface area contributed by atoms with E-state index >= 15 is 0 Å². The Bertz CT molecular complexity index is 122. The van der Waals surface area contributed by atoms with Gasteiger partial charge in [0, 0.05) is 0 Å². The molecule has 0 aromatic heterocycles. The van der Waals surface area contributed by atoms with Gasteiger partial charge in [0.15, 0.2) is 0 Å². The Hall–Kier alpha value is 0.896. The van der Waals surface area contributed by atoms with E-state index < -0.39 is 0 Å². The molecule has 1 rings (SSSR count). The molecule has 1 fully saturated rings. The van der Waals surface area contributed by atoms with E-state index in [1.807, 2.05) is 0 Å². The molecule has 1 aliphatic heterocycles. The topological polar surface area (TPSA) is 31.0 Å². The zero-order valence-electron chi connectivity index (χ0n) is 8.25. The van der Waals surface area contributed by atoms with Crippen LogP contribution in [0.4, 0.5) is 0 Å². The summed E-state index contributed by atoms with van der Waals surface area (Å²) in [5.74, 6) is 0. The summed E-state index contributed by atoms with van der Waals surface area (Å²) in [7, 11) is 0.903. The summed E-state index contributed by atoms with van der Waals surface area (Å²) in [6.07, 6.45) is 1.68. The molecule has 1 aliphatic rings. The Kier molecular flexibility index (Phi) is 7.57. The van der Waals surface area contributed by atoms with Crippen molar-refractivity contribution < 1.29 is 13.9 Å². The average Bonchev–Trinajstić information content (AvgIpc) is 2.93. The van der Waals surface area contributed by atoms with E-state index in [1.54, 1.807) is 0 Å². The molecule has 0 saturated carbocycles. The van der Waals surface area contributed by atoms with Crippen LogP contribution in [0, 0.1) is 0 Å². The van der Waals surface area contributed by atoms with E-state index in [0.29, 0.717) is 6.10 Å². The quantitative estimate of drug-likeness (QED) is 0.331. The number of hydrogen-bond donors (Lipinski definition) is 0. The van der Waals surface area contributed by atoms with Gasteiger partial charge in [-0.25, -0.2) is 0 Å². The minimum absolute atomic E-state index is 0.0952. The van der Waals surface area contributed by atoms with Gasteiger partial charge in [0.2, 0.25) is 0 Å². The molecule has 1 atom stereocenters. The van der Waals surface area contributed by atoms with Crippen LogP contribution in [0.3, 0.4) is 0 Å². The molecule has 13 heavy (non-hydrogen) atoms. The molecule has 0 aromatic rings. The van der Waals surface area contributed by atoms with Gasteiger partial charge < -0.3 is 0 Å². The monoisotopic (exact) mass is 310 g/mol. The van der Waals surface area contributed by atoms with Crippen LogP contribution in [0.2, 0.25) is 8.87 Å². The van der Waals surface area contributed by atoms with Crippen LogP contribution >= 0.6 is 0 Å². The second kappa shape index (κ2) is 8.22. The molecule has 0 bridgehead atoms. The van der Waals surface area contributed by atoms with Gasteiger partial charge in [-0.15, -0.1) is 0 Å². The van der Waals surface area contributed by atoms with Gasteiger partial charge in [-0.2, -0.15) is 0 Å². The van der Waals surface area contributed by atoms with Crippen LogP contribution in [-0.2, 0) is 13.9 Å². The van der Waals surface area contributed by atoms with Gasteiger partial charge in [-0.1, -0.05) is 0 Å². The Morgan fingerprint density at radius 3 is 2.92 bits per heavy atom. The van der Waals surface area contributed by atoms with E-state index in [0.717, 1.165) is 36.9 Å². The molecule has 3 nitrogen and oxygen atoms in total. The molecule has 0 aliphatic carbocycles. The van der Waals surface area contributed by atoms with E-state index in [2.05, 4.69) is 0 Å². The molecule has 1 unspecified atom stereocenters. The van der Waals surface area contributed by atoms with Crippen molar-refractivity contribution in [1.82, 2.24) is 0 Å². The third kappa shape index (κ3) is 7.93. The Morgan fingerprint density at radius 1 is 1.38 bits per heavy atom. The Balaban J connectivity index is 1.63.